The molecule has 0 aliphatic heterocycles. The van der Waals surface area contributed by atoms with Gasteiger partial charge in [-0.25, -0.2) is 4.39 Å². The minimum atomic E-state index is -0.413. The average molecular weight is 280 g/mol. The Morgan fingerprint density at radius 3 is 2.84 bits per heavy atom. The van der Waals surface area contributed by atoms with Gasteiger partial charge in [-0.2, -0.15) is 0 Å². The Morgan fingerprint density at radius 1 is 1.47 bits per heavy atom. The molecule has 4 nitrogen and oxygen atoms in total. The van der Waals surface area contributed by atoms with E-state index < -0.39 is 5.82 Å². The van der Waals surface area contributed by atoms with Gasteiger partial charge >= 0.3 is 0 Å². The zero-order valence-electron chi connectivity index (χ0n) is 10.0. The van der Waals surface area contributed by atoms with Gasteiger partial charge in [0, 0.05) is 10.7 Å². The molecule has 1 aliphatic carbocycles. The van der Waals surface area contributed by atoms with E-state index in [4.69, 9.17) is 5.73 Å². The molecule has 1 amide bonds. The molecule has 0 saturated heterocycles. The summed E-state index contributed by atoms with van der Waals surface area (Å²) in [5.74, 6) is -0.709. The van der Waals surface area contributed by atoms with Crippen LogP contribution in [-0.2, 0) is 0 Å². The second-order valence-electron chi connectivity index (χ2n) is 4.75. The summed E-state index contributed by atoms with van der Waals surface area (Å²) in [7, 11) is 0. The van der Waals surface area contributed by atoms with Crippen LogP contribution >= 0.6 is 11.3 Å². The lowest BCUT2D eigenvalue weighted by Gasteiger charge is -2.31. The number of aliphatic hydroxyl groups is 1. The zero-order valence-corrected chi connectivity index (χ0v) is 10.8. The summed E-state index contributed by atoms with van der Waals surface area (Å²) in [6.07, 6.45) is 0.790. The number of aliphatic hydroxyl groups excluding tert-OH is 1. The lowest BCUT2D eigenvalue weighted by atomic mass is 9.89. The van der Waals surface area contributed by atoms with Gasteiger partial charge in [-0.15, -0.1) is 11.3 Å². The molecule has 0 radical (unpaired) electrons. The van der Waals surface area contributed by atoms with Crippen LogP contribution in [0.25, 0.3) is 10.1 Å². The molecule has 1 aromatic heterocycles. The summed E-state index contributed by atoms with van der Waals surface area (Å²) in [6, 6.07) is 4.65. The molecule has 2 aromatic rings. The Balaban J connectivity index is 1.90. The monoisotopic (exact) mass is 280 g/mol. The van der Waals surface area contributed by atoms with Gasteiger partial charge in [0.25, 0.3) is 5.91 Å². The van der Waals surface area contributed by atoms with Crippen molar-refractivity contribution in [2.45, 2.75) is 25.0 Å². The standard InChI is InChI=1S/C13H13FN2O2S/c14-8-2-1-3-9-10(8)11(15)12(19-9)13(18)16-6-4-7(17)5-6/h1-3,6-7,17H,4-5,15H2,(H,16,18). The van der Waals surface area contributed by atoms with Gasteiger partial charge in [0.15, 0.2) is 0 Å². The normalized spacial score (nSPS) is 22.2. The first-order valence-electron chi connectivity index (χ1n) is 6.01. The smallest absolute Gasteiger partial charge is 0.263 e. The molecular weight excluding hydrogens is 267 g/mol. The van der Waals surface area contributed by atoms with E-state index in [1.165, 1.54) is 17.4 Å². The number of nitrogens with two attached hydrogens (primary N) is 1. The fourth-order valence-corrected chi connectivity index (χ4v) is 3.29. The van der Waals surface area contributed by atoms with E-state index >= 15 is 0 Å². The maximum Gasteiger partial charge on any atom is 0.263 e. The van der Waals surface area contributed by atoms with Crippen LogP contribution < -0.4 is 11.1 Å². The number of amides is 1. The van der Waals surface area contributed by atoms with Gasteiger partial charge in [-0.1, -0.05) is 6.07 Å². The van der Waals surface area contributed by atoms with Crippen LogP contribution in [0.15, 0.2) is 18.2 Å². The molecule has 1 aromatic carbocycles. The van der Waals surface area contributed by atoms with Gasteiger partial charge in [0.1, 0.15) is 10.7 Å². The number of benzene rings is 1. The van der Waals surface area contributed by atoms with Gasteiger partial charge in [-0.05, 0) is 25.0 Å². The molecular formula is C13H13FN2O2S. The molecule has 1 fully saturated rings. The fraction of sp³-hybridized carbons (Fsp3) is 0.308. The molecule has 0 spiro atoms. The Hall–Kier alpha value is -1.66. The number of hydrogen-bond acceptors (Lipinski definition) is 4. The van der Waals surface area contributed by atoms with Crippen LogP contribution in [-0.4, -0.2) is 23.2 Å². The number of hydrogen-bond donors (Lipinski definition) is 3. The van der Waals surface area contributed by atoms with Crippen LogP contribution in [0.1, 0.15) is 22.5 Å². The topological polar surface area (TPSA) is 75.4 Å². The summed E-state index contributed by atoms with van der Waals surface area (Å²) >= 11 is 1.18. The Morgan fingerprint density at radius 2 is 2.21 bits per heavy atom. The quantitative estimate of drug-likeness (QED) is 0.786. The van der Waals surface area contributed by atoms with Crippen molar-refractivity contribution < 1.29 is 14.3 Å². The van der Waals surface area contributed by atoms with Crippen LogP contribution in [0.4, 0.5) is 10.1 Å². The molecule has 1 aliphatic rings. The largest absolute Gasteiger partial charge is 0.397 e. The number of rotatable bonds is 2. The third-order valence-corrected chi connectivity index (χ3v) is 4.53. The second-order valence-corrected chi connectivity index (χ2v) is 5.81. The van der Waals surface area contributed by atoms with Gasteiger partial charge in [0.05, 0.1) is 17.2 Å². The van der Waals surface area contributed by atoms with E-state index in [0.29, 0.717) is 27.8 Å². The van der Waals surface area contributed by atoms with Crippen molar-refractivity contribution in [2.24, 2.45) is 0 Å². The predicted molar refractivity (Wildman–Crippen MR) is 72.7 cm³/mol. The van der Waals surface area contributed by atoms with E-state index in [0.717, 1.165) is 0 Å². The summed E-state index contributed by atoms with van der Waals surface area (Å²) in [5.41, 5.74) is 6.05. The maximum absolute atomic E-state index is 13.7. The Kier molecular flexibility index (Phi) is 2.91. The van der Waals surface area contributed by atoms with E-state index in [-0.39, 0.29) is 23.7 Å². The van der Waals surface area contributed by atoms with Gasteiger partial charge < -0.3 is 16.2 Å². The molecule has 19 heavy (non-hydrogen) atoms. The number of carbonyl (C=O) groups is 1. The van der Waals surface area contributed by atoms with Gasteiger partial charge in [-0.3, -0.25) is 4.79 Å². The molecule has 6 heteroatoms. The maximum atomic E-state index is 13.7. The average Bonchev–Trinajstić information content (AvgIpc) is 2.66. The highest BCUT2D eigenvalue weighted by Crippen LogP contribution is 2.35. The number of anilines is 1. The Bertz CT molecular complexity index is 649. The molecule has 1 heterocycles. The number of halogens is 1. The number of fused-ring (bicyclic) bond motifs is 1. The van der Waals surface area contributed by atoms with Crippen LogP contribution in [0.3, 0.4) is 0 Å². The molecule has 1 saturated carbocycles. The SMILES string of the molecule is Nc1c(C(=O)NC2CC(O)C2)sc2cccc(F)c12. The number of nitrogen functional groups attached to an aromatic ring is 1. The zero-order chi connectivity index (χ0) is 13.6. The van der Waals surface area contributed by atoms with Gasteiger partial charge in [0.2, 0.25) is 0 Å². The second kappa shape index (κ2) is 4.47. The molecule has 4 N–H and O–H groups in total. The molecule has 3 rings (SSSR count). The van der Waals surface area contributed by atoms with Crippen molar-refractivity contribution in [1.29, 1.82) is 0 Å². The van der Waals surface area contributed by atoms with E-state index in [9.17, 15) is 14.3 Å². The van der Waals surface area contributed by atoms with Crippen LogP contribution in [0.2, 0.25) is 0 Å². The predicted octanol–water partition coefficient (Wildman–Crippen LogP) is 1.88. The number of nitrogens with one attached hydrogen (secondary N) is 1. The van der Waals surface area contributed by atoms with Crippen molar-refractivity contribution in [3.63, 3.8) is 0 Å². The first-order chi connectivity index (χ1) is 9.06. The summed E-state index contributed by atoms with van der Waals surface area (Å²) in [4.78, 5) is 12.4. The summed E-state index contributed by atoms with van der Waals surface area (Å²) in [5, 5.41) is 12.3. The third kappa shape index (κ3) is 2.06. The molecule has 0 atom stereocenters. The van der Waals surface area contributed by atoms with Crippen molar-refractivity contribution in [3.05, 3.63) is 28.9 Å². The Labute approximate surface area is 113 Å². The van der Waals surface area contributed by atoms with Crippen molar-refractivity contribution in [1.82, 2.24) is 5.32 Å². The number of carbonyl (C=O) groups excluding carboxylic acids is 1. The molecule has 0 unspecified atom stereocenters. The highest BCUT2D eigenvalue weighted by molar-refractivity contribution is 7.21. The van der Waals surface area contributed by atoms with Crippen molar-refractivity contribution in [3.8, 4) is 0 Å². The summed E-state index contributed by atoms with van der Waals surface area (Å²) < 4.78 is 14.3. The van der Waals surface area contributed by atoms with Crippen molar-refractivity contribution in [2.75, 3.05) is 5.73 Å². The highest BCUT2D eigenvalue weighted by Gasteiger charge is 2.30. The first-order valence-corrected chi connectivity index (χ1v) is 6.83. The molecule has 0 bridgehead atoms. The van der Waals surface area contributed by atoms with E-state index in [2.05, 4.69) is 5.32 Å². The fourth-order valence-electron chi connectivity index (χ4n) is 2.25. The lowest BCUT2D eigenvalue weighted by Crippen LogP contribution is -2.46. The third-order valence-electron chi connectivity index (χ3n) is 3.36. The minimum Gasteiger partial charge on any atom is -0.397 e. The van der Waals surface area contributed by atoms with Crippen LogP contribution in [0, 0.1) is 5.82 Å². The van der Waals surface area contributed by atoms with Crippen molar-refractivity contribution >= 4 is 33.0 Å². The summed E-state index contributed by atoms with van der Waals surface area (Å²) in [6.45, 7) is 0. The minimum absolute atomic E-state index is 0.0167. The van der Waals surface area contributed by atoms with E-state index in [1.807, 2.05) is 0 Å². The highest BCUT2D eigenvalue weighted by atomic mass is 32.1. The number of thiophene rings is 1. The molecule has 100 valence electrons. The van der Waals surface area contributed by atoms with E-state index in [1.54, 1.807) is 12.1 Å². The first kappa shape index (κ1) is 12.4. The van der Waals surface area contributed by atoms with Crippen LogP contribution in [0.5, 0.6) is 0 Å². The lowest BCUT2D eigenvalue weighted by molar-refractivity contribution is 0.0565.